The predicted molar refractivity (Wildman–Crippen MR) is 62.6 cm³/mol. The summed E-state index contributed by atoms with van der Waals surface area (Å²) in [4.78, 5) is 4.43. The number of halogens is 1. The fraction of sp³-hybridized carbons (Fsp3) is 0.500. The number of hydrogen-bond acceptors (Lipinski definition) is 2. The van der Waals surface area contributed by atoms with Crippen molar-refractivity contribution in [1.82, 2.24) is 4.90 Å². The number of anilines is 1. The highest BCUT2D eigenvalue weighted by atomic mass is 19.1. The van der Waals surface area contributed by atoms with Crippen LogP contribution in [0, 0.1) is 5.82 Å². The van der Waals surface area contributed by atoms with E-state index in [1.807, 2.05) is 7.05 Å². The molecule has 0 heterocycles. The number of rotatable bonds is 5. The van der Waals surface area contributed by atoms with Crippen molar-refractivity contribution in [3.8, 4) is 0 Å². The summed E-state index contributed by atoms with van der Waals surface area (Å²) in [6.45, 7) is 7.21. The summed E-state index contributed by atoms with van der Waals surface area (Å²) in [6.07, 6.45) is 0. The van der Waals surface area contributed by atoms with Crippen LogP contribution in [0.1, 0.15) is 13.8 Å². The molecule has 0 unspecified atom stereocenters. The van der Waals surface area contributed by atoms with Crippen LogP contribution in [0.4, 0.5) is 10.1 Å². The molecule has 1 aromatic carbocycles. The maximum atomic E-state index is 12.7. The molecule has 0 bridgehead atoms. The molecule has 0 spiro atoms. The predicted octanol–water partition coefficient (Wildman–Crippen LogP) is 2.56. The number of nitrogens with zero attached hydrogens (tertiary/aromatic N) is 2. The zero-order valence-corrected chi connectivity index (χ0v) is 9.70. The highest BCUT2D eigenvalue weighted by Crippen LogP contribution is 2.13. The Morgan fingerprint density at radius 1 is 1.07 bits per heavy atom. The fourth-order valence-corrected chi connectivity index (χ4v) is 1.50. The molecular formula is C12H19FN2. The molecule has 0 aromatic heterocycles. The summed E-state index contributed by atoms with van der Waals surface area (Å²) in [5.41, 5.74) is 1.04. The summed E-state index contributed by atoms with van der Waals surface area (Å²) in [5, 5.41) is 0. The summed E-state index contributed by atoms with van der Waals surface area (Å²) < 4.78 is 12.7. The Balaban J connectivity index is 2.60. The van der Waals surface area contributed by atoms with E-state index >= 15 is 0 Å². The average molecular weight is 210 g/mol. The van der Waals surface area contributed by atoms with Crippen LogP contribution in [-0.2, 0) is 0 Å². The summed E-state index contributed by atoms with van der Waals surface area (Å²) in [7, 11) is 2.02. The Morgan fingerprint density at radius 2 is 1.60 bits per heavy atom. The molecule has 0 radical (unpaired) electrons. The van der Waals surface area contributed by atoms with Gasteiger partial charge in [-0.05, 0) is 37.4 Å². The van der Waals surface area contributed by atoms with E-state index in [9.17, 15) is 4.39 Å². The van der Waals surface area contributed by atoms with Gasteiger partial charge in [0.25, 0.3) is 0 Å². The van der Waals surface area contributed by atoms with Gasteiger partial charge in [0.15, 0.2) is 0 Å². The van der Waals surface area contributed by atoms with Gasteiger partial charge < -0.3 is 4.90 Å². The van der Waals surface area contributed by atoms with Crippen LogP contribution in [0.15, 0.2) is 24.3 Å². The molecule has 2 nitrogen and oxygen atoms in total. The quantitative estimate of drug-likeness (QED) is 0.689. The Kier molecular flexibility index (Phi) is 4.56. The minimum absolute atomic E-state index is 0.185. The van der Waals surface area contributed by atoms with Crippen LogP contribution < -0.4 is 4.90 Å². The largest absolute Gasteiger partial charge is 0.362 e. The van der Waals surface area contributed by atoms with Gasteiger partial charge in [-0.3, -0.25) is 4.90 Å². The maximum absolute atomic E-state index is 12.7. The first kappa shape index (κ1) is 12.0. The van der Waals surface area contributed by atoms with Gasteiger partial charge in [-0.25, -0.2) is 4.39 Å². The van der Waals surface area contributed by atoms with E-state index in [0.717, 1.165) is 25.4 Å². The molecule has 0 fully saturated rings. The van der Waals surface area contributed by atoms with E-state index in [4.69, 9.17) is 0 Å². The van der Waals surface area contributed by atoms with Crippen LogP contribution >= 0.6 is 0 Å². The smallest absolute Gasteiger partial charge is 0.123 e. The monoisotopic (exact) mass is 210 g/mol. The van der Waals surface area contributed by atoms with Gasteiger partial charge in [-0.15, -0.1) is 0 Å². The van der Waals surface area contributed by atoms with Gasteiger partial charge >= 0.3 is 0 Å². The molecule has 3 heteroatoms. The minimum Gasteiger partial charge on any atom is -0.362 e. The lowest BCUT2D eigenvalue weighted by atomic mass is 10.3. The van der Waals surface area contributed by atoms with Crippen LogP contribution in [0.5, 0.6) is 0 Å². The maximum Gasteiger partial charge on any atom is 0.123 e. The third-order valence-corrected chi connectivity index (χ3v) is 2.57. The molecule has 0 atom stereocenters. The van der Waals surface area contributed by atoms with E-state index in [0.29, 0.717) is 0 Å². The minimum atomic E-state index is -0.185. The van der Waals surface area contributed by atoms with Crippen LogP contribution in [0.25, 0.3) is 0 Å². The Labute approximate surface area is 91.3 Å². The van der Waals surface area contributed by atoms with Crippen molar-refractivity contribution >= 4 is 5.69 Å². The molecule has 1 aromatic rings. The lowest BCUT2D eigenvalue weighted by molar-refractivity contribution is 0.307. The fourth-order valence-electron chi connectivity index (χ4n) is 1.50. The highest BCUT2D eigenvalue weighted by Gasteiger charge is 2.04. The van der Waals surface area contributed by atoms with E-state index < -0.39 is 0 Å². The van der Waals surface area contributed by atoms with E-state index in [2.05, 4.69) is 23.6 Å². The average Bonchev–Trinajstić information content (AvgIpc) is 2.26. The van der Waals surface area contributed by atoms with Crippen molar-refractivity contribution in [3.05, 3.63) is 30.1 Å². The van der Waals surface area contributed by atoms with Crippen molar-refractivity contribution in [3.63, 3.8) is 0 Å². The van der Waals surface area contributed by atoms with Crippen molar-refractivity contribution < 1.29 is 4.39 Å². The second-order valence-corrected chi connectivity index (χ2v) is 3.62. The topological polar surface area (TPSA) is 6.48 Å². The molecule has 0 aliphatic rings. The van der Waals surface area contributed by atoms with Crippen LogP contribution in [0.2, 0.25) is 0 Å². The molecular weight excluding hydrogens is 191 g/mol. The van der Waals surface area contributed by atoms with Gasteiger partial charge in [0.1, 0.15) is 5.82 Å². The lowest BCUT2D eigenvalue weighted by Crippen LogP contribution is -2.35. The molecule has 84 valence electrons. The molecule has 0 saturated carbocycles. The first-order chi connectivity index (χ1) is 7.17. The third-order valence-electron chi connectivity index (χ3n) is 2.57. The number of hydrogen-bond donors (Lipinski definition) is 0. The normalized spacial score (nSPS) is 10.7. The van der Waals surface area contributed by atoms with Crippen molar-refractivity contribution in [2.75, 3.05) is 31.7 Å². The number of benzene rings is 1. The summed E-state index contributed by atoms with van der Waals surface area (Å²) in [6, 6.07) is 6.60. The molecule has 0 aliphatic carbocycles. The van der Waals surface area contributed by atoms with E-state index in [1.165, 1.54) is 12.1 Å². The van der Waals surface area contributed by atoms with E-state index in [1.54, 1.807) is 12.1 Å². The van der Waals surface area contributed by atoms with Gasteiger partial charge in [0.05, 0.1) is 6.67 Å². The van der Waals surface area contributed by atoms with Gasteiger partial charge in [-0.2, -0.15) is 0 Å². The molecule has 0 saturated heterocycles. The molecule has 1 rings (SSSR count). The zero-order valence-electron chi connectivity index (χ0n) is 9.70. The molecule has 15 heavy (non-hydrogen) atoms. The Morgan fingerprint density at radius 3 is 2.07 bits per heavy atom. The summed E-state index contributed by atoms with van der Waals surface area (Å²) >= 11 is 0. The highest BCUT2D eigenvalue weighted by molar-refractivity contribution is 5.45. The first-order valence-corrected chi connectivity index (χ1v) is 5.36. The SMILES string of the molecule is CCN(CC)CN(C)c1ccc(F)cc1. The molecule has 0 amide bonds. The van der Waals surface area contributed by atoms with Crippen LogP contribution in [-0.4, -0.2) is 31.7 Å². The van der Waals surface area contributed by atoms with Gasteiger partial charge in [0, 0.05) is 12.7 Å². The second-order valence-electron chi connectivity index (χ2n) is 3.62. The zero-order chi connectivity index (χ0) is 11.3. The Hall–Kier alpha value is -1.09. The second kappa shape index (κ2) is 5.71. The standard InChI is InChI=1S/C12H19FN2/c1-4-15(5-2)10-14(3)12-8-6-11(13)7-9-12/h6-9H,4-5,10H2,1-3H3. The van der Waals surface area contributed by atoms with E-state index in [-0.39, 0.29) is 5.82 Å². The van der Waals surface area contributed by atoms with Gasteiger partial charge in [0.2, 0.25) is 0 Å². The lowest BCUT2D eigenvalue weighted by Gasteiger charge is -2.27. The Bertz CT molecular complexity index is 280. The van der Waals surface area contributed by atoms with Crippen molar-refractivity contribution in [1.29, 1.82) is 0 Å². The van der Waals surface area contributed by atoms with Crippen molar-refractivity contribution in [2.45, 2.75) is 13.8 Å². The molecule has 0 N–H and O–H groups in total. The summed E-state index contributed by atoms with van der Waals surface area (Å²) in [5.74, 6) is -0.185. The molecule has 0 aliphatic heterocycles. The van der Waals surface area contributed by atoms with Gasteiger partial charge in [-0.1, -0.05) is 13.8 Å². The third kappa shape index (κ3) is 3.51. The first-order valence-electron chi connectivity index (χ1n) is 5.36. The van der Waals surface area contributed by atoms with Crippen molar-refractivity contribution in [2.24, 2.45) is 0 Å². The van der Waals surface area contributed by atoms with Crippen LogP contribution in [0.3, 0.4) is 0 Å².